The summed E-state index contributed by atoms with van der Waals surface area (Å²) in [6, 6.07) is 5.67. The average molecular weight is 323 g/mol. The van der Waals surface area contributed by atoms with E-state index in [0.29, 0.717) is 13.0 Å². The predicted molar refractivity (Wildman–Crippen MR) is 88.1 cm³/mol. The molecule has 2 aliphatic heterocycles. The minimum Gasteiger partial charge on any atom is -0.399 e. The molecule has 0 aromatic heterocycles. The third kappa shape index (κ3) is 2.35. The summed E-state index contributed by atoms with van der Waals surface area (Å²) in [7, 11) is -3.71. The summed E-state index contributed by atoms with van der Waals surface area (Å²) >= 11 is 0. The van der Waals surface area contributed by atoms with E-state index in [1.807, 2.05) is 45.9 Å². The van der Waals surface area contributed by atoms with E-state index in [4.69, 9.17) is 9.31 Å². The van der Waals surface area contributed by atoms with Crippen LogP contribution in [0.25, 0.3) is 0 Å². The molecule has 0 amide bonds. The van der Waals surface area contributed by atoms with Gasteiger partial charge in [0.2, 0.25) is 10.0 Å². The van der Waals surface area contributed by atoms with E-state index in [2.05, 4.69) is 0 Å². The summed E-state index contributed by atoms with van der Waals surface area (Å²) in [5.74, 6) is 0. The van der Waals surface area contributed by atoms with Crippen molar-refractivity contribution in [2.24, 2.45) is 0 Å². The van der Waals surface area contributed by atoms with Gasteiger partial charge >= 0.3 is 7.12 Å². The van der Waals surface area contributed by atoms with Crippen LogP contribution in [0.1, 0.15) is 33.3 Å². The second kappa shape index (κ2) is 4.72. The summed E-state index contributed by atoms with van der Waals surface area (Å²) in [5.41, 5.74) is 1.87. The van der Waals surface area contributed by atoms with Crippen molar-refractivity contribution in [1.29, 1.82) is 0 Å². The van der Waals surface area contributed by atoms with Crippen LogP contribution in [0.15, 0.2) is 18.2 Å². The Morgan fingerprint density at radius 2 is 1.73 bits per heavy atom. The van der Waals surface area contributed by atoms with E-state index in [1.165, 1.54) is 10.6 Å². The Kier molecular flexibility index (Phi) is 3.40. The number of hydrogen-bond acceptors (Lipinski definition) is 4. The highest BCUT2D eigenvalue weighted by Gasteiger charge is 2.52. The molecule has 22 heavy (non-hydrogen) atoms. The highest BCUT2D eigenvalue weighted by Crippen LogP contribution is 2.38. The van der Waals surface area contributed by atoms with Crippen LogP contribution in [0.2, 0.25) is 0 Å². The lowest BCUT2D eigenvalue weighted by Crippen LogP contribution is -2.41. The molecule has 2 heterocycles. The van der Waals surface area contributed by atoms with Crippen molar-refractivity contribution >= 4 is 28.3 Å². The Bertz CT molecular complexity index is 698. The number of rotatable bonds is 2. The number of hydrogen-bond donors (Lipinski definition) is 0. The maximum Gasteiger partial charge on any atom is 0.495 e. The SMILES string of the molecule is CC1(C)OB(c2cccc3c2CCN3S(C)(=O)=O)OC1(C)C. The van der Waals surface area contributed by atoms with Crippen LogP contribution in [0, 0.1) is 0 Å². The Labute approximate surface area is 132 Å². The summed E-state index contributed by atoms with van der Waals surface area (Å²) in [4.78, 5) is 0. The normalized spacial score (nSPS) is 23.0. The van der Waals surface area contributed by atoms with Gasteiger partial charge < -0.3 is 9.31 Å². The van der Waals surface area contributed by atoms with Gasteiger partial charge in [0, 0.05) is 6.54 Å². The van der Waals surface area contributed by atoms with Gasteiger partial charge in [-0.1, -0.05) is 12.1 Å². The fourth-order valence-electron chi connectivity index (χ4n) is 2.97. The van der Waals surface area contributed by atoms with Crippen molar-refractivity contribution in [2.45, 2.75) is 45.3 Å². The van der Waals surface area contributed by atoms with Gasteiger partial charge in [0.25, 0.3) is 0 Å². The summed E-state index contributed by atoms with van der Waals surface area (Å²) < 4.78 is 37.5. The fourth-order valence-corrected chi connectivity index (χ4v) is 3.92. The fraction of sp³-hybridized carbons (Fsp3) is 0.600. The zero-order chi connectivity index (χ0) is 16.3. The number of anilines is 1. The van der Waals surface area contributed by atoms with Crippen LogP contribution >= 0.6 is 0 Å². The molecule has 7 heteroatoms. The molecule has 0 N–H and O–H groups in total. The smallest absolute Gasteiger partial charge is 0.399 e. The van der Waals surface area contributed by atoms with E-state index in [9.17, 15) is 8.42 Å². The van der Waals surface area contributed by atoms with Crippen LogP contribution in [0.4, 0.5) is 5.69 Å². The lowest BCUT2D eigenvalue weighted by molar-refractivity contribution is 0.00578. The third-order valence-corrected chi connectivity index (χ3v) is 6.11. The maximum atomic E-state index is 11.9. The quantitative estimate of drug-likeness (QED) is 0.770. The van der Waals surface area contributed by atoms with E-state index in [0.717, 1.165) is 16.7 Å². The van der Waals surface area contributed by atoms with Gasteiger partial charge in [-0.2, -0.15) is 0 Å². The molecule has 0 spiro atoms. The van der Waals surface area contributed by atoms with Crippen LogP contribution in [0.5, 0.6) is 0 Å². The Hall–Kier alpha value is -1.05. The standard InChI is InChI=1S/C15H22BNO4S/c1-14(2)15(3,4)21-16(20-14)12-7-6-8-13-11(12)9-10-17(13)22(5,18)19/h6-8H,9-10H2,1-5H3. The van der Waals surface area contributed by atoms with E-state index < -0.39 is 28.3 Å². The molecule has 1 fully saturated rings. The molecule has 0 aliphatic carbocycles. The Balaban J connectivity index is 2.01. The molecular formula is C15H22BNO4S. The Morgan fingerprint density at radius 3 is 2.27 bits per heavy atom. The molecule has 2 aliphatic rings. The average Bonchev–Trinajstić information content (AvgIpc) is 2.87. The highest BCUT2D eigenvalue weighted by molar-refractivity contribution is 7.92. The number of fused-ring (bicyclic) bond motifs is 1. The monoisotopic (exact) mass is 323 g/mol. The summed E-state index contributed by atoms with van der Waals surface area (Å²) in [6.45, 7) is 8.53. The first kappa shape index (κ1) is 15.8. The van der Waals surface area contributed by atoms with Crippen molar-refractivity contribution in [1.82, 2.24) is 0 Å². The minimum atomic E-state index is -3.25. The van der Waals surface area contributed by atoms with Gasteiger partial charge in [-0.3, -0.25) is 4.31 Å². The lowest BCUT2D eigenvalue weighted by Gasteiger charge is -2.32. The second-order valence-corrected chi connectivity index (χ2v) is 8.93. The van der Waals surface area contributed by atoms with Crippen LogP contribution in [-0.2, 0) is 25.8 Å². The van der Waals surface area contributed by atoms with Gasteiger partial charge in [0.1, 0.15) is 0 Å². The van der Waals surface area contributed by atoms with Crippen molar-refractivity contribution < 1.29 is 17.7 Å². The second-order valence-electron chi connectivity index (χ2n) is 7.02. The number of benzene rings is 1. The molecule has 5 nitrogen and oxygen atoms in total. The summed E-state index contributed by atoms with van der Waals surface area (Å²) in [5, 5.41) is 0. The van der Waals surface area contributed by atoms with Crippen LogP contribution in [0.3, 0.4) is 0 Å². The van der Waals surface area contributed by atoms with Crippen molar-refractivity contribution in [3.05, 3.63) is 23.8 Å². The number of nitrogens with zero attached hydrogens (tertiary/aromatic N) is 1. The highest BCUT2D eigenvalue weighted by atomic mass is 32.2. The van der Waals surface area contributed by atoms with Crippen LogP contribution in [-0.4, -0.2) is 39.5 Å². The van der Waals surface area contributed by atoms with Gasteiger partial charge in [-0.15, -0.1) is 0 Å². The van der Waals surface area contributed by atoms with E-state index in [1.54, 1.807) is 0 Å². The topological polar surface area (TPSA) is 55.8 Å². The molecule has 0 bridgehead atoms. The van der Waals surface area contributed by atoms with Gasteiger partial charge in [-0.05, 0) is 51.2 Å². The Morgan fingerprint density at radius 1 is 1.14 bits per heavy atom. The lowest BCUT2D eigenvalue weighted by atomic mass is 9.75. The zero-order valence-corrected chi connectivity index (χ0v) is 14.5. The van der Waals surface area contributed by atoms with E-state index >= 15 is 0 Å². The van der Waals surface area contributed by atoms with Gasteiger partial charge in [0.05, 0.1) is 23.1 Å². The largest absolute Gasteiger partial charge is 0.495 e. The van der Waals surface area contributed by atoms with Crippen molar-refractivity contribution in [3.63, 3.8) is 0 Å². The molecule has 1 aromatic rings. The zero-order valence-electron chi connectivity index (χ0n) is 13.7. The van der Waals surface area contributed by atoms with Crippen molar-refractivity contribution in [3.8, 4) is 0 Å². The molecule has 0 atom stereocenters. The van der Waals surface area contributed by atoms with Crippen molar-refractivity contribution in [2.75, 3.05) is 17.1 Å². The third-order valence-electron chi connectivity index (χ3n) is 4.93. The van der Waals surface area contributed by atoms with Crippen LogP contribution < -0.4 is 9.77 Å². The van der Waals surface area contributed by atoms with Gasteiger partial charge in [0.15, 0.2) is 0 Å². The summed E-state index contributed by atoms with van der Waals surface area (Å²) in [6.07, 6.45) is 1.92. The molecule has 1 aromatic carbocycles. The molecule has 1 saturated heterocycles. The first-order valence-corrected chi connectivity index (χ1v) is 9.33. The van der Waals surface area contributed by atoms with Gasteiger partial charge in [-0.25, -0.2) is 8.42 Å². The van der Waals surface area contributed by atoms with E-state index in [-0.39, 0.29) is 0 Å². The molecule has 0 saturated carbocycles. The predicted octanol–water partition coefficient (Wildman–Crippen LogP) is 1.31. The molecule has 0 unspecified atom stereocenters. The minimum absolute atomic E-state index is 0.407. The molecule has 3 rings (SSSR count). The first-order chi connectivity index (χ1) is 10.0. The molecular weight excluding hydrogens is 301 g/mol. The first-order valence-electron chi connectivity index (χ1n) is 7.48. The molecule has 120 valence electrons. The number of sulfonamides is 1. The maximum absolute atomic E-state index is 11.9. The molecule has 0 radical (unpaired) electrons.